The monoisotopic (exact) mass is 331 g/mol. The minimum absolute atomic E-state index is 0.141. The number of nitrogens with one attached hydrogen (secondary N) is 1. The van der Waals surface area contributed by atoms with E-state index in [0.717, 1.165) is 30.8 Å². The molecule has 1 amide bonds. The molecule has 2 aromatic rings. The summed E-state index contributed by atoms with van der Waals surface area (Å²) in [6, 6.07) is 1.41. The number of ether oxygens (including phenoxy) is 1. The second kappa shape index (κ2) is 6.01. The summed E-state index contributed by atoms with van der Waals surface area (Å²) in [6.45, 7) is 4.90. The predicted molar refractivity (Wildman–Crippen MR) is 83.4 cm³/mol. The molecule has 0 radical (unpaired) electrons. The van der Waals surface area contributed by atoms with Gasteiger partial charge in [-0.15, -0.1) is 0 Å². The molecule has 2 aliphatic rings. The standard InChI is InChI=1S/C16H21N5O3/c1-3-11-8-12(19-18-11)16(22)21-6-7-23-9(2)13(21)15-17-14(20-24-15)10-4-5-10/h8-10,13H,3-7H2,1-2H3,(H,18,19)/t9-,13+/m1/s1. The van der Waals surface area contributed by atoms with Gasteiger partial charge in [0.1, 0.15) is 11.7 Å². The van der Waals surface area contributed by atoms with Gasteiger partial charge in [-0.05, 0) is 32.3 Å². The quantitative estimate of drug-likeness (QED) is 0.918. The van der Waals surface area contributed by atoms with Gasteiger partial charge >= 0.3 is 0 Å². The van der Waals surface area contributed by atoms with Crippen LogP contribution in [0.15, 0.2) is 10.6 Å². The van der Waals surface area contributed by atoms with Gasteiger partial charge < -0.3 is 14.2 Å². The third kappa shape index (κ3) is 2.71. The van der Waals surface area contributed by atoms with E-state index in [1.807, 2.05) is 13.8 Å². The summed E-state index contributed by atoms with van der Waals surface area (Å²) in [4.78, 5) is 19.2. The molecule has 128 valence electrons. The highest BCUT2D eigenvalue weighted by molar-refractivity contribution is 5.92. The van der Waals surface area contributed by atoms with E-state index in [-0.39, 0.29) is 18.1 Å². The van der Waals surface area contributed by atoms with Gasteiger partial charge in [0.05, 0.1) is 12.7 Å². The molecule has 1 aliphatic heterocycles. The Labute approximate surface area is 139 Å². The number of aryl methyl sites for hydroxylation is 1. The summed E-state index contributed by atoms with van der Waals surface area (Å²) in [7, 11) is 0. The smallest absolute Gasteiger partial charge is 0.275 e. The van der Waals surface area contributed by atoms with Crippen LogP contribution in [-0.2, 0) is 11.2 Å². The third-order valence-electron chi connectivity index (χ3n) is 4.64. The molecule has 0 spiro atoms. The highest BCUT2D eigenvalue weighted by Gasteiger charge is 2.40. The van der Waals surface area contributed by atoms with E-state index in [1.54, 1.807) is 11.0 Å². The number of morpholine rings is 1. The first kappa shape index (κ1) is 15.3. The van der Waals surface area contributed by atoms with Crippen LogP contribution in [-0.4, -0.2) is 50.4 Å². The Morgan fingerprint density at radius 2 is 2.29 bits per heavy atom. The van der Waals surface area contributed by atoms with Gasteiger partial charge in [0.2, 0.25) is 0 Å². The molecule has 2 fully saturated rings. The number of amides is 1. The van der Waals surface area contributed by atoms with Gasteiger partial charge in [-0.1, -0.05) is 12.1 Å². The van der Waals surface area contributed by atoms with Crippen molar-refractivity contribution in [3.05, 3.63) is 29.2 Å². The van der Waals surface area contributed by atoms with Crippen LogP contribution in [0.3, 0.4) is 0 Å². The van der Waals surface area contributed by atoms with Crippen molar-refractivity contribution < 1.29 is 14.1 Å². The van der Waals surface area contributed by atoms with Crippen molar-refractivity contribution >= 4 is 5.91 Å². The second-order valence-electron chi connectivity index (χ2n) is 6.42. The van der Waals surface area contributed by atoms with Gasteiger partial charge in [0.25, 0.3) is 11.8 Å². The second-order valence-corrected chi connectivity index (χ2v) is 6.42. The Balaban J connectivity index is 1.61. The molecular formula is C16H21N5O3. The summed E-state index contributed by atoms with van der Waals surface area (Å²) in [5.74, 6) is 1.45. The largest absolute Gasteiger partial charge is 0.374 e. The number of nitrogens with zero attached hydrogens (tertiary/aromatic N) is 4. The summed E-state index contributed by atoms with van der Waals surface area (Å²) in [6.07, 6.45) is 2.80. The van der Waals surface area contributed by atoms with Gasteiger partial charge in [0.15, 0.2) is 5.82 Å². The van der Waals surface area contributed by atoms with Crippen molar-refractivity contribution in [3.63, 3.8) is 0 Å². The highest BCUT2D eigenvalue weighted by atomic mass is 16.5. The molecular weight excluding hydrogens is 310 g/mol. The molecule has 8 heteroatoms. The molecule has 2 atom stereocenters. The van der Waals surface area contributed by atoms with Gasteiger partial charge in [-0.3, -0.25) is 9.89 Å². The van der Waals surface area contributed by atoms with E-state index in [0.29, 0.717) is 30.7 Å². The summed E-state index contributed by atoms with van der Waals surface area (Å²) in [5.41, 5.74) is 1.35. The van der Waals surface area contributed by atoms with Crippen LogP contribution in [0.5, 0.6) is 0 Å². The fraction of sp³-hybridized carbons (Fsp3) is 0.625. The van der Waals surface area contributed by atoms with Crippen LogP contribution in [0.4, 0.5) is 0 Å². The fourth-order valence-electron chi connectivity index (χ4n) is 3.06. The SMILES string of the molecule is CCc1cc(C(=O)N2CCO[C@H](C)[C@H]2c2nc(C3CC3)no2)n[nH]1. The van der Waals surface area contributed by atoms with Gasteiger partial charge in [0, 0.05) is 18.2 Å². The van der Waals surface area contributed by atoms with Crippen LogP contribution < -0.4 is 0 Å². The third-order valence-corrected chi connectivity index (χ3v) is 4.64. The zero-order valence-electron chi connectivity index (χ0n) is 13.9. The average molecular weight is 331 g/mol. The van der Waals surface area contributed by atoms with Crippen LogP contribution in [0, 0.1) is 0 Å². The molecule has 0 bridgehead atoms. The van der Waals surface area contributed by atoms with Crippen LogP contribution in [0.25, 0.3) is 0 Å². The molecule has 3 heterocycles. The average Bonchev–Trinajstić information content (AvgIpc) is 3.13. The molecule has 4 rings (SSSR count). The predicted octanol–water partition coefficient (Wildman–Crippen LogP) is 1.83. The Morgan fingerprint density at radius 3 is 3.00 bits per heavy atom. The number of rotatable bonds is 4. The number of hydrogen-bond donors (Lipinski definition) is 1. The van der Waals surface area contributed by atoms with Gasteiger partial charge in [-0.25, -0.2) is 0 Å². The molecule has 1 aliphatic carbocycles. The maximum atomic E-state index is 12.9. The zero-order chi connectivity index (χ0) is 16.7. The van der Waals surface area contributed by atoms with E-state index < -0.39 is 0 Å². The maximum Gasteiger partial charge on any atom is 0.275 e. The van der Waals surface area contributed by atoms with E-state index in [4.69, 9.17) is 9.26 Å². The van der Waals surface area contributed by atoms with E-state index >= 15 is 0 Å². The Kier molecular flexibility index (Phi) is 3.84. The number of H-pyrrole nitrogens is 1. The lowest BCUT2D eigenvalue weighted by atomic mass is 10.1. The topological polar surface area (TPSA) is 97.1 Å². The van der Waals surface area contributed by atoms with E-state index in [1.165, 1.54) is 0 Å². The molecule has 1 saturated carbocycles. The lowest BCUT2D eigenvalue weighted by molar-refractivity contribution is -0.0602. The Bertz CT molecular complexity index is 736. The minimum atomic E-state index is -0.381. The summed E-state index contributed by atoms with van der Waals surface area (Å²) in [5, 5.41) is 11.1. The maximum absolute atomic E-state index is 12.9. The lowest BCUT2D eigenvalue weighted by Gasteiger charge is -2.37. The molecule has 1 saturated heterocycles. The van der Waals surface area contributed by atoms with E-state index in [9.17, 15) is 4.79 Å². The van der Waals surface area contributed by atoms with Crippen molar-refractivity contribution in [3.8, 4) is 0 Å². The Hall–Kier alpha value is -2.22. The highest BCUT2D eigenvalue weighted by Crippen LogP contribution is 2.39. The van der Waals surface area contributed by atoms with Gasteiger partial charge in [-0.2, -0.15) is 10.1 Å². The molecule has 0 unspecified atom stereocenters. The first-order valence-electron chi connectivity index (χ1n) is 8.47. The molecule has 1 N–H and O–H groups in total. The van der Waals surface area contributed by atoms with Crippen molar-refractivity contribution in [2.45, 2.75) is 51.2 Å². The van der Waals surface area contributed by atoms with Crippen LogP contribution in [0.2, 0.25) is 0 Å². The summed E-state index contributed by atoms with van der Waals surface area (Å²) >= 11 is 0. The lowest BCUT2D eigenvalue weighted by Crippen LogP contribution is -2.47. The van der Waals surface area contributed by atoms with Crippen LogP contribution >= 0.6 is 0 Å². The fourth-order valence-corrected chi connectivity index (χ4v) is 3.06. The van der Waals surface area contributed by atoms with Crippen molar-refractivity contribution in [1.82, 2.24) is 25.2 Å². The number of carbonyl (C=O) groups excluding carboxylic acids is 1. The number of hydrogen-bond acceptors (Lipinski definition) is 6. The van der Waals surface area contributed by atoms with E-state index in [2.05, 4.69) is 20.3 Å². The number of aromatic nitrogens is 4. The molecule has 0 aromatic carbocycles. The first-order chi connectivity index (χ1) is 11.7. The summed E-state index contributed by atoms with van der Waals surface area (Å²) < 4.78 is 11.2. The Morgan fingerprint density at radius 1 is 1.46 bits per heavy atom. The normalized spacial score (nSPS) is 24.3. The minimum Gasteiger partial charge on any atom is -0.374 e. The molecule has 2 aromatic heterocycles. The number of aromatic amines is 1. The molecule has 8 nitrogen and oxygen atoms in total. The number of carbonyl (C=O) groups is 1. The molecule has 24 heavy (non-hydrogen) atoms. The zero-order valence-corrected chi connectivity index (χ0v) is 13.9. The van der Waals surface area contributed by atoms with Crippen molar-refractivity contribution in [1.29, 1.82) is 0 Å². The van der Waals surface area contributed by atoms with Crippen molar-refractivity contribution in [2.24, 2.45) is 0 Å². The van der Waals surface area contributed by atoms with Crippen molar-refractivity contribution in [2.75, 3.05) is 13.2 Å². The van der Waals surface area contributed by atoms with Crippen LogP contribution in [0.1, 0.15) is 66.5 Å². The first-order valence-corrected chi connectivity index (χ1v) is 8.47.